The van der Waals surface area contributed by atoms with Gasteiger partial charge in [-0.25, -0.2) is 8.42 Å². The van der Waals surface area contributed by atoms with Crippen molar-refractivity contribution in [3.8, 4) is 0 Å². The minimum Gasteiger partial charge on any atom is -0.463 e. The highest BCUT2D eigenvalue weighted by Crippen LogP contribution is 2.35. The summed E-state index contributed by atoms with van der Waals surface area (Å²) in [5, 5.41) is 8.09. The molecule has 2 aromatic rings. The minimum atomic E-state index is -3.39. The molecule has 0 fully saturated rings. The second-order valence-corrected chi connectivity index (χ2v) is 6.96. The summed E-state index contributed by atoms with van der Waals surface area (Å²) in [6, 6.07) is 5.20. The van der Waals surface area contributed by atoms with E-state index in [1.807, 2.05) is 16.8 Å². The molecule has 0 saturated carbocycles. The Morgan fingerprint density at radius 3 is 2.89 bits per heavy atom. The lowest BCUT2D eigenvalue weighted by molar-refractivity contribution is 0.375. The monoisotopic (exact) mass is 296 g/mol. The van der Waals surface area contributed by atoms with Crippen LogP contribution in [0, 0.1) is 0 Å². The number of thiophene rings is 1. The minimum absolute atomic E-state index is 0.277. The SMILES string of the molecule is CS(=O)(=O)N1N=C(c2ccco2)CC1c1ccsc1. The van der Waals surface area contributed by atoms with Crippen molar-refractivity contribution in [2.75, 3.05) is 6.26 Å². The summed E-state index contributed by atoms with van der Waals surface area (Å²) in [6.45, 7) is 0. The molecule has 3 rings (SSSR count). The van der Waals surface area contributed by atoms with Gasteiger partial charge in [0.1, 0.15) is 11.5 Å². The Bertz CT molecular complexity index is 687. The third-order valence-corrected chi connectivity index (χ3v) is 4.66. The molecule has 0 bridgehead atoms. The van der Waals surface area contributed by atoms with Crippen LogP contribution in [0.4, 0.5) is 0 Å². The zero-order valence-electron chi connectivity index (χ0n) is 10.2. The van der Waals surface area contributed by atoms with Crippen molar-refractivity contribution in [1.29, 1.82) is 0 Å². The first-order valence-electron chi connectivity index (χ1n) is 5.68. The largest absolute Gasteiger partial charge is 0.463 e. The third-order valence-electron chi connectivity index (χ3n) is 2.95. The Hall–Kier alpha value is -1.60. The van der Waals surface area contributed by atoms with E-state index in [-0.39, 0.29) is 6.04 Å². The lowest BCUT2D eigenvalue weighted by Crippen LogP contribution is -2.25. The van der Waals surface area contributed by atoms with Crippen LogP contribution in [0.2, 0.25) is 0 Å². The molecule has 2 aromatic heterocycles. The first-order valence-corrected chi connectivity index (χ1v) is 8.47. The van der Waals surface area contributed by atoms with Gasteiger partial charge in [-0.05, 0) is 34.5 Å². The average Bonchev–Trinajstić information content (AvgIpc) is 3.09. The molecule has 0 spiro atoms. The molecule has 1 unspecified atom stereocenters. The van der Waals surface area contributed by atoms with E-state index in [0.29, 0.717) is 17.9 Å². The van der Waals surface area contributed by atoms with Crippen LogP contribution in [0.1, 0.15) is 23.8 Å². The van der Waals surface area contributed by atoms with Gasteiger partial charge >= 0.3 is 0 Å². The van der Waals surface area contributed by atoms with Crippen molar-refractivity contribution in [1.82, 2.24) is 4.41 Å². The molecule has 100 valence electrons. The second kappa shape index (κ2) is 4.50. The van der Waals surface area contributed by atoms with Gasteiger partial charge < -0.3 is 4.42 Å². The van der Waals surface area contributed by atoms with E-state index in [1.54, 1.807) is 29.7 Å². The zero-order valence-corrected chi connectivity index (χ0v) is 11.8. The van der Waals surface area contributed by atoms with Gasteiger partial charge in [0, 0.05) is 6.42 Å². The zero-order chi connectivity index (χ0) is 13.5. The van der Waals surface area contributed by atoms with E-state index in [0.717, 1.165) is 5.56 Å². The molecule has 0 aromatic carbocycles. The van der Waals surface area contributed by atoms with Gasteiger partial charge in [-0.3, -0.25) is 0 Å². The molecule has 19 heavy (non-hydrogen) atoms. The predicted molar refractivity (Wildman–Crippen MR) is 73.6 cm³/mol. The fourth-order valence-corrected chi connectivity index (χ4v) is 3.71. The van der Waals surface area contributed by atoms with E-state index in [9.17, 15) is 8.42 Å². The van der Waals surface area contributed by atoms with Gasteiger partial charge in [0.05, 0.1) is 18.6 Å². The standard InChI is InChI=1S/C12H12N2O3S2/c1-19(15,16)14-11(9-4-6-18-8-9)7-10(13-14)12-3-2-5-17-12/h2-6,8,11H,7H2,1H3. The highest BCUT2D eigenvalue weighted by molar-refractivity contribution is 7.88. The van der Waals surface area contributed by atoms with E-state index in [1.165, 1.54) is 10.7 Å². The summed E-state index contributed by atoms with van der Waals surface area (Å²) in [5.41, 5.74) is 1.62. The normalized spacial score (nSPS) is 19.7. The quantitative estimate of drug-likeness (QED) is 0.874. The summed E-state index contributed by atoms with van der Waals surface area (Å²) in [5.74, 6) is 0.617. The highest BCUT2D eigenvalue weighted by Gasteiger charge is 2.35. The molecule has 0 aliphatic carbocycles. The summed E-state index contributed by atoms with van der Waals surface area (Å²) in [6.07, 6.45) is 3.25. The molecule has 7 heteroatoms. The molecule has 3 heterocycles. The van der Waals surface area contributed by atoms with Gasteiger partial charge in [0.25, 0.3) is 0 Å². The molecule has 5 nitrogen and oxygen atoms in total. The van der Waals surface area contributed by atoms with E-state index in [2.05, 4.69) is 5.10 Å². The van der Waals surface area contributed by atoms with Crippen molar-refractivity contribution in [2.45, 2.75) is 12.5 Å². The Kier molecular flexibility index (Phi) is 2.94. The number of rotatable bonds is 3. The van der Waals surface area contributed by atoms with Crippen LogP contribution in [0.3, 0.4) is 0 Å². The first kappa shape index (κ1) is 12.4. The number of hydrazone groups is 1. The average molecular weight is 296 g/mol. The maximum atomic E-state index is 11.8. The molecular weight excluding hydrogens is 284 g/mol. The Labute approximate surface area is 115 Å². The number of sulfonamides is 1. The Morgan fingerprint density at radius 1 is 1.47 bits per heavy atom. The molecule has 1 aliphatic rings. The molecular formula is C12H12N2O3S2. The van der Waals surface area contributed by atoms with Crippen molar-refractivity contribution in [2.24, 2.45) is 5.10 Å². The summed E-state index contributed by atoms with van der Waals surface area (Å²) in [4.78, 5) is 0. The van der Waals surface area contributed by atoms with Crippen molar-refractivity contribution < 1.29 is 12.8 Å². The van der Waals surface area contributed by atoms with Crippen LogP contribution < -0.4 is 0 Å². The lowest BCUT2D eigenvalue weighted by Gasteiger charge is -2.19. The van der Waals surface area contributed by atoms with Gasteiger partial charge in [0.15, 0.2) is 0 Å². The molecule has 0 saturated heterocycles. The molecule has 0 amide bonds. The Balaban J connectivity index is 2.00. The maximum Gasteiger partial charge on any atom is 0.247 e. The topological polar surface area (TPSA) is 62.9 Å². The predicted octanol–water partition coefficient (Wildman–Crippen LogP) is 2.45. The molecule has 1 aliphatic heterocycles. The van der Waals surface area contributed by atoms with Gasteiger partial charge in [-0.2, -0.15) is 20.9 Å². The van der Waals surface area contributed by atoms with Crippen LogP contribution in [0.5, 0.6) is 0 Å². The van der Waals surface area contributed by atoms with Gasteiger partial charge in [-0.15, -0.1) is 0 Å². The maximum absolute atomic E-state index is 11.8. The molecule has 1 atom stereocenters. The Morgan fingerprint density at radius 2 is 2.32 bits per heavy atom. The molecule has 0 N–H and O–H groups in total. The number of hydrogen-bond acceptors (Lipinski definition) is 5. The highest BCUT2D eigenvalue weighted by atomic mass is 32.2. The van der Waals surface area contributed by atoms with E-state index < -0.39 is 10.0 Å². The fraction of sp³-hybridized carbons (Fsp3) is 0.250. The summed E-state index contributed by atoms with van der Waals surface area (Å²) in [7, 11) is -3.39. The van der Waals surface area contributed by atoms with Crippen molar-refractivity contribution in [3.05, 3.63) is 46.5 Å². The second-order valence-electron chi connectivity index (χ2n) is 4.34. The van der Waals surface area contributed by atoms with E-state index in [4.69, 9.17) is 4.42 Å². The van der Waals surface area contributed by atoms with Crippen LogP contribution >= 0.6 is 11.3 Å². The summed E-state index contributed by atoms with van der Waals surface area (Å²) >= 11 is 1.54. The number of hydrogen-bond donors (Lipinski definition) is 0. The van der Waals surface area contributed by atoms with Gasteiger partial charge in [-0.1, -0.05) is 0 Å². The van der Waals surface area contributed by atoms with Crippen molar-refractivity contribution in [3.63, 3.8) is 0 Å². The van der Waals surface area contributed by atoms with Crippen LogP contribution in [0.25, 0.3) is 0 Å². The van der Waals surface area contributed by atoms with Crippen LogP contribution in [-0.4, -0.2) is 24.8 Å². The first-order chi connectivity index (χ1) is 9.05. The fourth-order valence-electron chi connectivity index (χ4n) is 2.10. The van der Waals surface area contributed by atoms with Crippen LogP contribution in [0.15, 0.2) is 44.7 Å². The number of furan rings is 1. The van der Waals surface area contributed by atoms with E-state index >= 15 is 0 Å². The number of nitrogens with zero attached hydrogens (tertiary/aromatic N) is 2. The van der Waals surface area contributed by atoms with Gasteiger partial charge in [0.2, 0.25) is 10.0 Å². The van der Waals surface area contributed by atoms with Crippen LogP contribution in [-0.2, 0) is 10.0 Å². The summed E-state index contributed by atoms with van der Waals surface area (Å²) < 4.78 is 30.2. The van der Waals surface area contributed by atoms with Crippen molar-refractivity contribution >= 4 is 27.1 Å². The third kappa shape index (κ3) is 2.31. The molecule has 0 radical (unpaired) electrons. The lowest BCUT2D eigenvalue weighted by atomic mass is 10.1. The smallest absolute Gasteiger partial charge is 0.247 e.